The fourth-order valence-electron chi connectivity index (χ4n) is 12.9. The SMILES string of the molecule is CC(C)(O)COc1cc(-c2ccc(C3=CCNCC3)nc2)c2c(C#N)cnn2c1.CCc1ccc(OC)cn1.COc1ccc(CN2CC=C(c3ccc(-c4cc(OCC(C)(C)O)cn5ncc(C#N)c45)cn3)CC2)nc1.COc1ccc(CN2CC=C(c3ccc(-c4cc(OCC(C)(C)O)cn5ncc(C#N)c45)cn3)CC2)nc1.Cl. The summed E-state index contributed by atoms with van der Waals surface area (Å²) in [5.41, 5.74) is 15.2. The van der Waals surface area contributed by atoms with Crippen LogP contribution >= 0.6 is 12.4 Å². The Morgan fingerprint density at radius 1 is 0.422 bits per heavy atom. The number of halogens is 1. The number of aliphatic hydroxyl groups is 3. The van der Waals surface area contributed by atoms with Crippen LogP contribution < -0.4 is 33.7 Å². The molecule has 4 N–H and O–H groups in total. The Hall–Kier alpha value is -12.5. The maximum Gasteiger partial charge on any atom is 0.138 e. The number of nitrogens with zero attached hydrogens (tertiary/aromatic N) is 17. The molecular weight excluding hydrogens is 1490 g/mol. The molecule has 3 aliphatic heterocycles. The average molecular weight is 1580 g/mol. The topological polar surface area (TPSA) is 335 Å². The first-order valence-corrected chi connectivity index (χ1v) is 37.9. The van der Waals surface area contributed by atoms with Crippen molar-refractivity contribution in [3.8, 4) is 86.1 Å². The van der Waals surface area contributed by atoms with Gasteiger partial charge in [-0.15, -0.1) is 12.4 Å². The van der Waals surface area contributed by atoms with Crippen molar-refractivity contribution in [2.24, 2.45) is 0 Å². The second-order valence-electron chi connectivity index (χ2n) is 29.8. The average Bonchev–Trinajstić information content (AvgIpc) is 1.59. The molecule has 15 rings (SSSR count). The minimum atomic E-state index is -0.977. The largest absolute Gasteiger partial charge is 0.495 e. The molecule has 0 amide bonds. The van der Waals surface area contributed by atoms with E-state index >= 15 is 0 Å². The number of aromatic nitrogens is 12. The summed E-state index contributed by atoms with van der Waals surface area (Å²) in [6.07, 6.45) is 30.8. The van der Waals surface area contributed by atoms with Gasteiger partial charge in [-0.2, -0.15) is 31.1 Å². The lowest BCUT2D eigenvalue weighted by atomic mass is 10.0. The van der Waals surface area contributed by atoms with Crippen LogP contribution in [0.15, 0.2) is 184 Å². The minimum absolute atomic E-state index is 0. The van der Waals surface area contributed by atoms with Gasteiger partial charge in [0.2, 0.25) is 0 Å². The lowest BCUT2D eigenvalue weighted by Gasteiger charge is -2.25. The summed E-state index contributed by atoms with van der Waals surface area (Å²) in [7, 11) is 4.92. The Morgan fingerprint density at radius 3 is 1.03 bits per heavy atom. The van der Waals surface area contributed by atoms with Gasteiger partial charge in [0, 0.05) is 103 Å². The molecule has 0 atom stereocenters. The lowest BCUT2D eigenvalue weighted by molar-refractivity contribution is 0.0280. The second kappa shape index (κ2) is 38.6. The molecule has 0 saturated heterocycles. The number of nitrogens with one attached hydrogen (secondary N) is 1. The van der Waals surface area contributed by atoms with E-state index < -0.39 is 16.8 Å². The van der Waals surface area contributed by atoms with Crippen LogP contribution in [0.1, 0.15) is 119 Å². The highest BCUT2D eigenvalue weighted by atomic mass is 35.5. The lowest BCUT2D eigenvalue weighted by Crippen LogP contribution is -2.28. The minimum Gasteiger partial charge on any atom is -0.495 e. The molecule has 116 heavy (non-hydrogen) atoms. The third-order valence-electron chi connectivity index (χ3n) is 19.0. The summed E-state index contributed by atoms with van der Waals surface area (Å²) < 4.78 is 37.7. The van der Waals surface area contributed by atoms with Crippen molar-refractivity contribution in [1.29, 1.82) is 15.8 Å². The highest BCUT2D eigenvalue weighted by Gasteiger charge is 2.24. The third-order valence-corrected chi connectivity index (χ3v) is 19.0. The molecule has 0 saturated carbocycles. The van der Waals surface area contributed by atoms with E-state index in [4.69, 9.17) is 38.4 Å². The summed E-state index contributed by atoms with van der Waals surface area (Å²) in [5, 5.41) is 75.1. The van der Waals surface area contributed by atoms with E-state index in [9.17, 15) is 31.1 Å². The fourth-order valence-corrected chi connectivity index (χ4v) is 12.9. The molecule has 0 aromatic carbocycles. The Morgan fingerprint density at radius 2 is 0.767 bits per heavy atom. The Kier molecular flexibility index (Phi) is 28.1. The van der Waals surface area contributed by atoms with Gasteiger partial charge in [-0.1, -0.05) is 43.4 Å². The van der Waals surface area contributed by atoms with E-state index in [1.54, 1.807) is 132 Å². The van der Waals surface area contributed by atoms with Gasteiger partial charge in [0.25, 0.3) is 0 Å². The molecule has 3 aliphatic rings. The van der Waals surface area contributed by atoms with E-state index in [1.165, 1.54) is 16.7 Å². The smallest absolute Gasteiger partial charge is 0.138 e. The van der Waals surface area contributed by atoms with Gasteiger partial charge in [-0.25, -0.2) is 13.5 Å². The number of fused-ring (bicyclic) bond motifs is 3. The quantitative estimate of drug-likeness (QED) is 0.0462. The number of hydrogen-bond donors (Lipinski definition) is 4. The predicted molar refractivity (Wildman–Crippen MR) is 445 cm³/mol. The molecule has 0 fully saturated rings. The van der Waals surface area contributed by atoms with Gasteiger partial charge >= 0.3 is 0 Å². The molecule has 598 valence electrons. The summed E-state index contributed by atoms with van der Waals surface area (Å²) in [4.78, 5) is 32.0. The van der Waals surface area contributed by atoms with Crippen LogP contribution in [0.4, 0.5) is 0 Å². The zero-order valence-corrected chi connectivity index (χ0v) is 67.5. The van der Waals surface area contributed by atoms with Crippen molar-refractivity contribution >= 4 is 45.7 Å². The fraction of sp³-hybridized carbons (Fsp3) is 0.318. The highest BCUT2D eigenvalue weighted by Crippen LogP contribution is 2.37. The van der Waals surface area contributed by atoms with Gasteiger partial charge < -0.3 is 49.1 Å². The van der Waals surface area contributed by atoms with Crippen LogP contribution in [0.2, 0.25) is 0 Å². The molecule has 0 spiro atoms. The summed E-state index contributed by atoms with van der Waals surface area (Å²) in [5.74, 6) is 4.00. The van der Waals surface area contributed by atoms with Crippen LogP contribution in [0.5, 0.6) is 34.5 Å². The number of rotatable bonds is 23. The van der Waals surface area contributed by atoms with E-state index in [2.05, 4.69) is 93.7 Å². The van der Waals surface area contributed by atoms with Crippen molar-refractivity contribution in [1.82, 2.24) is 73.9 Å². The van der Waals surface area contributed by atoms with Crippen molar-refractivity contribution in [2.45, 2.75) is 104 Å². The van der Waals surface area contributed by atoms with Gasteiger partial charge in [0.1, 0.15) is 72.5 Å². The van der Waals surface area contributed by atoms with Gasteiger partial charge in [-0.05, 0) is 163 Å². The molecule has 0 radical (unpaired) electrons. The molecule has 12 aromatic rings. The third kappa shape index (κ3) is 22.3. The maximum atomic E-state index is 10.1. The van der Waals surface area contributed by atoms with Crippen molar-refractivity contribution in [3.63, 3.8) is 0 Å². The first-order chi connectivity index (χ1) is 55.5. The van der Waals surface area contributed by atoms with Crippen LogP contribution in [0, 0.1) is 34.0 Å². The predicted octanol–water partition coefficient (Wildman–Crippen LogP) is 13.1. The number of pyridine rings is 9. The molecule has 0 aliphatic carbocycles. The zero-order valence-electron chi connectivity index (χ0n) is 66.7. The van der Waals surface area contributed by atoms with Crippen molar-refractivity contribution < 1.29 is 43.7 Å². The maximum absolute atomic E-state index is 10.1. The molecule has 15 heterocycles. The normalized spacial score (nSPS) is 13.8. The standard InChI is InChI=1S/2C29H30N6O3.C22H23N5O2.C8H11NO.ClH/c2*1-29(2,36)19-38-25-12-26(28-22(13-30)15-33-35(28)18-25)21-4-7-27(32-14-21)20-8-10-34(11-9-20)17-23-5-6-24(37-3)16-31-23;1-22(2,28)14-29-18-9-19(21-17(10-23)12-26-27(21)13-18)16-3-4-20(25-11-16)15-5-7-24-8-6-15;1-3-7-4-5-8(10-2)6-9-7;/h2*4-8,12,14-16,18,36H,9-11,17,19H2,1-3H3;3-5,9,11-13,24,28H,6-8,14H2,1-2H3;4-6H,3H2,1-2H3;1H. The van der Waals surface area contributed by atoms with Crippen molar-refractivity contribution in [2.75, 3.05) is 80.4 Å². The Bertz CT molecular complexity index is 5300. The first kappa shape index (κ1) is 84.4. The second-order valence-corrected chi connectivity index (χ2v) is 29.8. The van der Waals surface area contributed by atoms with Crippen molar-refractivity contribution in [3.05, 3.63) is 234 Å². The Labute approximate surface area is 680 Å². The van der Waals surface area contributed by atoms with E-state index in [1.807, 2.05) is 110 Å². The molecule has 0 unspecified atom stereocenters. The van der Waals surface area contributed by atoms with Crippen LogP contribution in [0.25, 0.3) is 66.7 Å². The number of ether oxygens (including phenoxy) is 6. The van der Waals surface area contributed by atoms with Crippen LogP contribution in [-0.4, -0.2) is 181 Å². The van der Waals surface area contributed by atoms with Crippen LogP contribution in [-0.2, 0) is 19.5 Å². The van der Waals surface area contributed by atoms with E-state index in [-0.39, 0.29) is 32.2 Å². The highest BCUT2D eigenvalue weighted by molar-refractivity contribution is 5.88. The van der Waals surface area contributed by atoms with Gasteiger partial charge in [-0.3, -0.25) is 39.7 Å². The molecule has 28 heteroatoms. The molecular formula is C88H95ClN18O9. The zero-order chi connectivity index (χ0) is 81.2. The van der Waals surface area contributed by atoms with Gasteiger partial charge in [0.05, 0.1) is 156 Å². The Balaban J connectivity index is 0.000000162. The number of aryl methyl sites for hydroxylation is 1. The van der Waals surface area contributed by atoms with Crippen LogP contribution in [0.3, 0.4) is 0 Å². The number of methoxy groups -OCH3 is 3. The summed E-state index contributed by atoms with van der Waals surface area (Å²) >= 11 is 0. The molecule has 27 nitrogen and oxygen atoms in total. The molecule has 12 aromatic heterocycles. The number of hydrogen-bond acceptors (Lipinski definition) is 24. The summed E-state index contributed by atoms with van der Waals surface area (Å²) in [6, 6.07) is 36.1. The van der Waals surface area contributed by atoms with Gasteiger partial charge in [0.15, 0.2) is 0 Å². The number of nitriles is 3. The molecule has 0 bridgehead atoms. The van der Waals surface area contributed by atoms with E-state index in [0.717, 1.165) is 163 Å². The monoisotopic (exact) mass is 1580 g/mol. The summed E-state index contributed by atoms with van der Waals surface area (Å²) in [6.45, 7) is 19.5. The first-order valence-electron chi connectivity index (χ1n) is 37.9. The van der Waals surface area contributed by atoms with E-state index in [0.29, 0.717) is 50.5 Å².